The van der Waals surface area contributed by atoms with Crippen molar-refractivity contribution in [3.8, 4) is 17.0 Å². The summed E-state index contributed by atoms with van der Waals surface area (Å²) in [6, 6.07) is 26.6. The molecule has 8 nitrogen and oxygen atoms in total. The zero-order valence-electron chi connectivity index (χ0n) is 18.6. The number of carbonyl (C=O) groups is 1. The van der Waals surface area contributed by atoms with E-state index in [1.165, 1.54) is 0 Å². The summed E-state index contributed by atoms with van der Waals surface area (Å²) in [5.41, 5.74) is 15.0. The molecule has 0 saturated carbocycles. The van der Waals surface area contributed by atoms with Crippen molar-refractivity contribution in [1.29, 1.82) is 0 Å². The van der Waals surface area contributed by atoms with Gasteiger partial charge in [-0.3, -0.25) is 4.79 Å². The molecule has 0 fully saturated rings. The number of esters is 1. The van der Waals surface area contributed by atoms with E-state index in [-0.39, 0.29) is 18.1 Å². The molecule has 5 N–H and O–H groups in total. The Labute approximate surface area is 207 Å². The smallest absolute Gasteiger partial charge is 0.313 e. The third-order valence-electron chi connectivity index (χ3n) is 5.02. The van der Waals surface area contributed by atoms with Crippen molar-refractivity contribution in [2.24, 2.45) is 16.5 Å². The van der Waals surface area contributed by atoms with Crippen LogP contribution in [0.4, 0.5) is 11.5 Å². The molecule has 1 unspecified atom stereocenters. The molecular weight excluding hydrogens is 464 g/mol. The number of halogens is 1. The quantitative estimate of drug-likeness (QED) is 0.147. The summed E-state index contributed by atoms with van der Waals surface area (Å²) in [4.78, 5) is 16.8. The van der Waals surface area contributed by atoms with Crippen LogP contribution in [0.25, 0.3) is 11.3 Å². The highest BCUT2D eigenvalue weighted by atomic mass is 35.5. The number of hydrogen-bond acceptors (Lipinski definition) is 6. The monoisotopic (exact) mass is 486 g/mol. The number of hydrogen-bond donors (Lipinski definition) is 3. The highest BCUT2D eigenvalue weighted by Gasteiger charge is 2.17. The van der Waals surface area contributed by atoms with E-state index in [4.69, 9.17) is 27.8 Å². The van der Waals surface area contributed by atoms with Crippen LogP contribution in [0.5, 0.6) is 5.75 Å². The van der Waals surface area contributed by atoms with E-state index in [9.17, 15) is 4.79 Å². The van der Waals surface area contributed by atoms with Crippen LogP contribution in [0.2, 0.25) is 5.02 Å². The maximum atomic E-state index is 12.5. The first-order chi connectivity index (χ1) is 17.0. The van der Waals surface area contributed by atoms with Gasteiger partial charge in [0.05, 0.1) is 17.8 Å². The van der Waals surface area contributed by atoms with E-state index >= 15 is 0 Å². The predicted molar refractivity (Wildman–Crippen MR) is 137 cm³/mol. The summed E-state index contributed by atoms with van der Waals surface area (Å²) in [6.45, 7) is 0. The van der Waals surface area contributed by atoms with Crippen molar-refractivity contribution in [3.63, 3.8) is 0 Å². The third-order valence-corrected chi connectivity index (χ3v) is 5.36. The SMILES string of the molecule is NC(=Nc1ccc(-c2ccccc2)nn1)Nc1ccccc1OC(=O)CC(N)c1ccccc1Cl. The zero-order valence-corrected chi connectivity index (χ0v) is 19.4. The fourth-order valence-corrected chi connectivity index (χ4v) is 3.60. The van der Waals surface area contributed by atoms with Crippen LogP contribution >= 0.6 is 11.6 Å². The van der Waals surface area contributed by atoms with Crippen molar-refractivity contribution >= 4 is 35.0 Å². The van der Waals surface area contributed by atoms with Crippen molar-refractivity contribution < 1.29 is 9.53 Å². The number of aromatic nitrogens is 2. The summed E-state index contributed by atoms with van der Waals surface area (Å²) in [5.74, 6) is 0.162. The number of ether oxygens (including phenoxy) is 1. The molecule has 0 spiro atoms. The first kappa shape index (κ1) is 23.9. The van der Waals surface area contributed by atoms with Gasteiger partial charge in [-0.15, -0.1) is 10.2 Å². The van der Waals surface area contributed by atoms with Gasteiger partial charge in [0.15, 0.2) is 17.5 Å². The van der Waals surface area contributed by atoms with E-state index in [1.54, 1.807) is 48.5 Å². The lowest BCUT2D eigenvalue weighted by atomic mass is 10.1. The molecule has 9 heteroatoms. The number of nitrogens with one attached hydrogen (secondary N) is 1. The summed E-state index contributed by atoms with van der Waals surface area (Å²) in [6.07, 6.45) is -0.0506. The Balaban J connectivity index is 1.42. The molecule has 0 bridgehead atoms. The van der Waals surface area contributed by atoms with Gasteiger partial charge in [0.2, 0.25) is 0 Å². The lowest BCUT2D eigenvalue weighted by molar-refractivity contribution is -0.134. The van der Waals surface area contributed by atoms with Crippen LogP contribution in [-0.2, 0) is 4.79 Å². The molecule has 1 atom stereocenters. The molecule has 0 saturated heterocycles. The van der Waals surface area contributed by atoms with Gasteiger partial charge >= 0.3 is 5.97 Å². The van der Waals surface area contributed by atoms with Gasteiger partial charge in [-0.1, -0.05) is 72.3 Å². The van der Waals surface area contributed by atoms with Crippen LogP contribution in [0.1, 0.15) is 18.0 Å². The second kappa shape index (κ2) is 11.2. The molecule has 4 rings (SSSR count). The van der Waals surface area contributed by atoms with E-state index in [1.807, 2.05) is 42.5 Å². The number of carbonyl (C=O) groups excluding carboxylic acids is 1. The third kappa shape index (κ3) is 6.41. The van der Waals surface area contributed by atoms with E-state index < -0.39 is 12.0 Å². The molecule has 176 valence electrons. The fourth-order valence-electron chi connectivity index (χ4n) is 3.33. The fraction of sp³-hybridized carbons (Fsp3) is 0.0769. The first-order valence-electron chi connectivity index (χ1n) is 10.8. The number of aliphatic imine (C=N–C) groups is 1. The number of benzene rings is 3. The molecule has 0 radical (unpaired) electrons. The Hall–Kier alpha value is -4.27. The van der Waals surface area contributed by atoms with Crippen molar-refractivity contribution in [1.82, 2.24) is 10.2 Å². The number of para-hydroxylation sites is 2. The second-order valence-corrected chi connectivity index (χ2v) is 7.97. The Bertz CT molecular complexity index is 1330. The summed E-state index contributed by atoms with van der Waals surface area (Å²) >= 11 is 6.17. The van der Waals surface area contributed by atoms with Gasteiger partial charge in [0.25, 0.3) is 0 Å². The molecule has 4 aromatic rings. The van der Waals surface area contributed by atoms with Crippen LogP contribution < -0.4 is 21.5 Å². The first-order valence-corrected chi connectivity index (χ1v) is 11.2. The molecule has 0 amide bonds. The Kier molecular flexibility index (Phi) is 7.67. The van der Waals surface area contributed by atoms with Gasteiger partial charge in [0, 0.05) is 16.6 Å². The maximum absolute atomic E-state index is 12.5. The number of guanidine groups is 1. The minimum atomic E-state index is -0.597. The lowest BCUT2D eigenvalue weighted by Crippen LogP contribution is -2.23. The van der Waals surface area contributed by atoms with E-state index in [2.05, 4.69) is 20.5 Å². The van der Waals surface area contributed by atoms with Crippen molar-refractivity contribution in [3.05, 3.63) is 102 Å². The van der Waals surface area contributed by atoms with Gasteiger partial charge < -0.3 is 21.5 Å². The van der Waals surface area contributed by atoms with Crippen molar-refractivity contribution in [2.45, 2.75) is 12.5 Å². The molecule has 0 aliphatic heterocycles. The lowest BCUT2D eigenvalue weighted by Gasteiger charge is -2.15. The Morgan fingerprint density at radius 3 is 2.40 bits per heavy atom. The summed E-state index contributed by atoms with van der Waals surface area (Å²) in [7, 11) is 0. The largest absolute Gasteiger partial charge is 0.424 e. The average Bonchev–Trinajstić information content (AvgIpc) is 2.86. The van der Waals surface area contributed by atoms with E-state index in [0.29, 0.717) is 22.1 Å². The molecule has 0 aliphatic rings. The van der Waals surface area contributed by atoms with Crippen LogP contribution in [0.15, 0.2) is 96.0 Å². The van der Waals surface area contributed by atoms with Gasteiger partial charge in [-0.05, 0) is 35.9 Å². The van der Waals surface area contributed by atoms with Crippen LogP contribution in [0.3, 0.4) is 0 Å². The number of nitrogens with zero attached hydrogens (tertiary/aromatic N) is 3. The normalized spacial score (nSPS) is 12.1. The van der Waals surface area contributed by atoms with Gasteiger partial charge in [-0.25, -0.2) is 0 Å². The minimum absolute atomic E-state index is 0.0506. The topological polar surface area (TPSA) is 129 Å². The molecule has 1 heterocycles. The number of anilines is 1. The number of nitrogens with two attached hydrogens (primary N) is 2. The van der Waals surface area contributed by atoms with Crippen molar-refractivity contribution in [2.75, 3.05) is 5.32 Å². The highest BCUT2D eigenvalue weighted by molar-refractivity contribution is 6.31. The molecule has 1 aromatic heterocycles. The predicted octanol–water partition coefficient (Wildman–Crippen LogP) is 4.85. The summed E-state index contributed by atoms with van der Waals surface area (Å²) in [5, 5.41) is 11.7. The second-order valence-electron chi connectivity index (χ2n) is 7.57. The van der Waals surface area contributed by atoms with Crippen LogP contribution in [0, 0.1) is 0 Å². The van der Waals surface area contributed by atoms with Crippen LogP contribution in [-0.4, -0.2) is 22.1 Å². The zero-order chi connectivity index (χ0) is 24.6. The maximum Gasteiger partial charge on any atom is 0.313 e. The Morgan fingerprint density at radius 1 is 0.943 bits per heavy atom. The number of rotatable bonds is 7. The van der Waals surface area contributed by atoms with E-state index in [0.717, 1.165) is 11.3 Å². The standard InChI is InChI=1S/C26H23ClN6O2/c27-19-11-5-4-10-18(19)20(28)16-25(34)35-23-13-7-6-12-22(23)30-26(29)31-24-15-14-21(32-33-24)17-8-2-1-3-9-17/h1-15,20H,16,28H2,(H3,29,30,31,33). The highest BCUT2D eigenvalue weighted by Crippen LogP contribution is 2.27. The molecule has 3 aromatic carbocycles. The van der Waals surface area contributed by atoms with Gasteiger partial charge in [-0.2, -0.15) is 4.99 Å². The average molecular weight is 487 g/mol. The minimum Gasteiger partial charge on any atom is -0.424 e. The van der Waals surface area contributed by atoms with Gasteiger partial charge in [0.1, 0.15) is 0 Å². The summed E-state index contributed by atoms with van der Waals surface area (Å²) < 4.78 is 5.53. The Morgan fingerprint density at radius 2 is 1.66 bits per heavy atom. The molecule has 0 aliphatic carbocycles. The molecule has 35 heavy (non-hydrogen) atoms. The molecular formula is C26H23ClN6O2.